The zero-order chi connectivity index (χ0) is 18.4. The van der Waals surface area contributed by atoms with Gasteiger partial charge in [-0.2, -0.15) is 0 Å². The Morgan fingerprint density at radius 1 is 1.36 bits per heavy atom. The van der Waals surface area contributed by atoms with E-state index in [1.54, 1.807) is 14.0 Å². The average molecular weight is 344 g/mol. The minimum absolute atomic E-state index is 0.0637. The van der Waals surface area contributed by atoms with Gasteiger partial charge in [0.05, 0.1) is 25.6 Å². The van der Waals surface area contributed by atoms with Crippen molar-refractivity contribution in [2.24, 2.45) is 0 Å². The quantitative estimate of drug-likeness (QED) is 0.744. The molecule has 134 valence electrons. The van der Waals surface area contributed by atoms with Gasteiger partial charge in [-0.25, -0.2) is 4.98 Å². The first-order chi connectivity index (χ1) is 11.9. The van der Waals surface area contributed by atoms with Gasteiger partial charge in [0.25, 0.3) is 0 Å². The number of amides is 1. The summed E-state index contributed by atoms with van der Waals surface area (Å²) >= 11 is 0. The highest BCUT2D eigenvalue weighted by molar-refractivity contribution is 5.98. The maximum Gasteiger partial charge on any atom is 0.227 e. The standard InChI is InChI=1S/C19H24N2O4/c1-5-12(2)20-18(23)11-15(22)10-17-13(3)25-19(21-17)14-7-6-8-16(9-14)24-4/h6-9,12H,5,10-11H2,1-4H3,(H,20,23). The molecule has 0 aliphatic carbocycles. The first kappa shape index (κ1) is 18.7. The van der Waals surface area contributed by atoms with E-state index < -0.39 is 0 Å². The Bertz CT molecular complexity index is 752. The first-order valence-electron chi connectivity index (χ1n) is 8.34. The lowest BCUT2D eigenvalue weighted by Gasteiger charge is -2.10. The van der Waals surface area contributed by atoms with Crippen LogP contribution >= 0.6 is 0 Å². The number of Topliss-reactive ketones (excluding diaryl/α,β-unsaturated/α-hetero) is 1. The fourth-order valence-corrected chi connectivity index (χ4v) is 2.33. The second-order valence-corrected chi connectivity index (χ2v) is 6.02. The SMILES string of the molecule is CCC(C)NC(=O)CC(=O)Cc1nc(-c2cccc(OC)c2)oc1C. The van der Waals surface area contributed by atoms with Gasteiger partial charge in [0.15, 0.2) is 0 Å². The molecule has 0 aliphatic heterocycles. The molecule has 25 heavy (non-hydrogen) atoms. The minimum Gasteiger partial charge on any atom is -0.497 e. The van der Waals surface area contributed by atoms with Crippen LogP contribution in [0.15, 0.2) is 28.7 Å². The van der Waals surface area contributed by atoms with Crippen molar-refractivity contribution >= 4 is 11.7 Å². The predicted molar refractivity (Wildman–Crippen MR) is 94.5 cm³/mol. The van der Waals surface area contributed by atoms with Crippen LogP contribution in [0, 0.1) is 6.92 Å². The fraction of sp³-hybridized carbons (Fsp3) is 0.421. The molecule has 0 radical (unpaired) electrons. The van der Waals surface area contributed by atoms with Crippen LogP contribution in [0.3, 0.4) is 0 Å². The lowest BCUT2D eigenvalue weighted by Crippen LogP contribution is -2.33. The Balaban J connectivity index is 2.04. The van der Waals surface area contributed by atoms with Crippen molar-refractivity contribution in [1.29, 1.82) is 0 Å². The van der Waals surface area contributed by atoms with E-state index in [1.165, 1.54) is 0 Å². The molecule has 0 spiro atoms. The van der Waals surface area contributed by atoms with Crippen molar-refractivity contribution in [3.63, 3.8) is 0 Å². The van der Waals surface area contributed by atoms with E-state index in [4.69, 9.17) is 9.15 Å². The van der Waals surface area contributed by atoms with Crippen LogP contribution in [0.1, 0.15) is 38.1 Å². The number of methoxy groups -OCH3 is 1. The number of nitrogens with zero attached hydrogens (tertiary/aromatic N) is 1. The molecule has 2 rings (SSSR count). The van der Waals surface area contributed by atoms with Crippen LogP contribution < -0.4 is 10.1 Å². The van der Waals surface area contributed by atoms with Gasteiger partial charge in [-0.1, -0.05) is 13.0 Å². The van der Waals surface area contributed by atoms with Gasteiger partial charge in [-0.15, -0.1) is 0 Å². The summed E-state index contributed by atoms with van der Waals surface area (Å²) < 4.78 is 10.9. The van der Waals surface area contributed by atoms with Gasteiger partial charge in [-0.05, 0) is 38.5 Å². The van der Waals surface area contributed by atoms with E-state index in [0.717, 1.165) is 12.0 Å². The molecule has 1 atom stereocenters. The van der Waals surface area contributed by atoms with Gasteiger partial charge in [0.2, 0.25) is 11.8 Å². The molecule has 1 heterocycles. The summed E-state index contributed by atoms with van der Waals surface area (Å²) in [6.45, 7) is 5.65. The lowest BCUT2D eigenvalue weighted by molar-refractivity contribution is -0.128. The molecule has 6 nitrogen and oxygen atoms in total. The Morgan fingerprint density at radius 2 is 2.12 bits per heavy atom. The number of oxazole rings is 1. The molecule has 0 saturated carbocycles. The van der Waals surface area contributed by atoms with E-state index in [2.05, 4.69) is 10.3 Å². The van der Waals surface area contributed by atoms with Gasteiger partial charge in [-0.3, -0.25) is 9.59 Å². The smallest absolute Gasteiger partial charge is 0.227 e. The molecule has 1 amide bonds. The number of ketones is 1. The number of benzene rings is 1. The summed E-state index contributed by atoms with van der Waals surface area (Å²) in [5, 5.41) is 2.79. The summed E-state index contributed by atoms with van der Waals surface area (Å²) in [7, 11) is 1.59. The van der Waals surface area contributed by atoms with Crippen molar-refractivity contribution in [3.8, 4) is 17.2 Å². The second kappa shape index (κ2) is 8.46. The van der Waals surface area contributed by atoms with Crippen LogP contribution in [-0.4, -0.2) is 29.8 Å². The largest absolute Gasteiger partial charge is 0.497 e. The van der Waals surface area contributed by atoms with Crippen molar-refractivity contribution < 1.29 is 18.7 Å². The first-order valence-corrected chi connectivity index (χ1v) is 8.34. The van der Waals surface area contributed by atoms with E-state index >= 15 is 0 Å². The molecule has 0 bridgehead atoms. The highest BCUT2D eigenvalue weighted by atomic mass is 16.5. The van der Waals surface area contributed by atoms with Gasteiger partial charge >= 0.3 is 0 Å². The maximum atomic E-state index is 12.1. The zero-order valence-corrected chi connectivity index (χ0v) is 15.1. The number of aryl methyl sites for hydroxylation is 1. The molecule has 1 aromatic heterocycles. The van der Waals surface area contributed by atoms with Gasteiger partial charge in [0.1, 0.15) is 17.3 Å². The third-order valence-corrected chi connectivity index (χ3v) is 3.95. The van der Waals surface area contributed by atoms with Crippen LogP contribution in [0.5, 0.6) is 5.75 Å². The van der Waals surface area contributed by atoms with Crippen molar-refractivity contribution in [2.75, 3.05) is 7.11 Å². The van der Waals surface area contributed by atoms with Crippen molar-refractivity contribution in [2.45, 2.75) is 46.1 Å². The molecule has 1 N–H and O–H groups in total. The van der Waals surface area contributed by atoms with Crippen molar-refractivity contribution in [3.05, 3.63) is 35.7 Å². The van der Waals surface area contributed by atoms with Crippen molar-refractivity contribution in [1.82, 2.24) is 10.3 Å². The zero-order valence-electron chi connectivity index (χ0n) is 15.1. The van der Waals surface area contributed by atoms with E-state index in [9.17, 15) is 9.59 Å². The monoisotopic (exact) mass is 344 g/mol. The van der Waals surface area contributed by atoms with E-state index in [1.807, 2.05) is 38.1 Å². The Kier molecular flexibility index (Phi) is 6.33. The van der Waals surface area contributed by atoms with Crippen LogP contribution in [0.2, 0.25) is 0 Å². The Hall–Kier alpha value is -2.63. The van der Waals surface area contributed by atoms with E-state index in [-0.39, 0.29) is 30.6 Å². The summed E-state index contributed by atoms with van der Waals surface area (Å²) in [5.41, 5.74) is 1.33. The molecule has 0 saturated heterocycles. The number of hydrogen-bond donors (Lipinski definition) is 1. The normalized spacial score (nSPS) is 11.8. The highest BCUT2D eigenvalue weighted by Gasteiger charge is 2.17. The topological polar surface area (TPSA) is 81.4 Å². The summed E-state index contributed by atoms with van der Waals surface area (Å²) in [4.78, 5) is 28.3. The Labute approximate surface area is 147 Å². The number of carbonyl (C=O) groups is 2. The molecule has 2 aromatic rings. The second-order valence-electron chi connectivity index (χ2n) is 6.02. The third kappa shape index (κ3) is 5.17. The Morgan fingerprint density at radius 3 is 2.80 bits per heavy atom. The summed E-state index contributed by atoms with van der Waals surface area (Å²) in [6, 6.07) is 7.42. The molecule has 1 aromatic carbocycles. The van der Waals surface area contributed by atoms with Gasteiger partial charge in [0, 0.05) is 11.6 Å². The molecule has 6 heteroatoms. The van der Waals surface area contributed by atoms with Gasteiger partial charge < -0.3 is 14.5 Å². The number of rotatable bonds is 8. The lowest BCUT2D eigenvalue weighted by atomic mass is 10.1. The maximum absolute atomic E-state index is 12.1. The predicted octanol–water partition coefficient (Wildman–Crippen LogP) is 3.08. The molecular formula is C19H24N2O4. The minimum atomic E-state index is -0.256. The molecule has 0 aliphatic rings. The fourth-order valence-electron chi connectivity index (χ4n) is 2.33. The number of carbonyl (C=O) groups excluding carboxylic acids is 2. The molecular weight excluding hydrogens is 320 g/mol. The molecule has 1 unspecified atom stereocenters. The number of nitrogens with one attached hydrogen (secondary N) is 1. The third-order valence-electron chi connectivity index (χ3n) is 3.95. The van der Waals surface area contributed by atoms with Crippen LogP contribution in [0.4, 0.5) is 0 Å². The highest BCUT2D eigenvalue weighted by Crippen LogP contribution is 2.25. The number of aromatic nitrogens is 1. The summed E-state index contributed by atoms with van der Waals surface area (Å²) in [5.74, 6) is 1.27. The number of hydrogen-bond acceptors (Lipinski definition) is 5. The molecule has 0 fully saturated rings. The van der Waals surface area contributed by atoms with Crippen LogP contribution in [-0.2, 0) is 16.0 Å². The number of ether oxygens (including phenoxy) is 1. The van der Waals surface area contributed by atoms with Crippen LogP contribution in [0.25, 0.3) is 11.5 Å². The van der Waals surface area contributed by atoms with E-state index in [0.29, 0.717) is 23.1 Å². The average Bonchev–Trinajstić information content (AvgIpc) is 2.95. The summed E-state index contributed by atoms with van der Waals surface area (Å²) in [6.07, 6.45) is 0.755.